The summed E-state index contributed by atoms with van der Waals surface area (Å²) in [5.41, 5.74) is 11.5. The number of amides is 2. The third kappa shape index (κ3) is 2.75. The first kappa shape index (κ1) is 14.4. The van der Waals surface area contributed by atoms with E-state index in [4.69, 9.17) is 11.5 Å². The molecule has 6 nitrogen and oxygen atoms in total. The molecule has 0 fully saturated rings. The van der Waals surface area contributed by atoms with E-state index in [-0.39, 0.29) is 22.0 Å². The van der Waals surface area contributed by atoms with Crippen LogP contribution in [-0.2, 0) is 6.54 Å². The van der Waals surface area contributed by atoms with Gasteiger partial charge in [0.15, 0.2) is 0 Å². The van der Waals surface area contributed by atoms with E-state index < -0.39 is 5.91 Å². The van der Waals surface area contributed by atoms with Crippen LogP contribution in [0.25, 0.3) is 0 Å². The molecular formula is C12H14N4O2S2. The monoisotopic (exact) mass is 310 g/mol. The molecule has 2 rings (SSSR count). The van der Waals surface area contributed by atoms with Gasteiger partial charge in [-0.15, -0.1) is 22.7 Å². The van der Waals surface area contributed by atoms with Crippen molar-refractivity contribution in [1.29, 1.82) is 0 Å². The minimum Gasteiger partial charge on any atom is -0.397 e. The first-order chi connectivity index (χ1) is 9.54. The van der Waals surface area contributed by atoms with Crippen LogP contribution in [0.4, 0.5) is 10.7 Å². The number of thiophene rings is 2. The van der Waals surface area contributed by atoms with E-state index in [1.807, 2.05) is 17.5 Å². The van der Waals surface area contributed by atoms with Gasteiger partial charge in [-0.3, -0.25) is 9.59 Å². The fraction of sp³-hybridized carbons (Fsp3) is 0.167. The highest BCUT2D eigenvalue weighted by molar-refractivity contribution is 7.19. The van der Waals surface area contributed by atoms with Crippen LogP contribution in [0.3, 0.4) is 0 Å². The van der Waals surface area contributed by atoms with E-state index >= 15 is 0 Å². The highest BCUT2D eigenvalue weighted by Gasteiger charge is 2.23. The van der Waals surface area contributed by atoms with E-state index in [1.165, 1.54) is 7.05 Å². The van der Waals surface area contributed by atoms with Crippen molar-refractivity contribution in [2.24, 2.45) is 5.73 Å². The van der Waals surface area contributed by atoms with Crippen molar-refractivity contribution in [1.82, 2.24) is 5.32 Å². The van der Waals surface area contributed by atoms with Crippen molar-refractivity contribution >= 4 is 45.2 Å². The van der Waals surface area contributed by atoms with E-state index in [9.17, 15) is 9.59 Å². The van der Waals surface area contributed by atoms with Crippen molar-refractivity contribution in [2.45, 2.75) is 6.54 Å². The number of primary amides is 1. The summed E-state index contributed by atoms with van der Waals surface area (Å²) >= 11 is 2.69. The predicted molar refractivity (Wildman–Crippen MR) is 82.3 cm³/mol. The minimum absolute atomic E-state index is 0.121. The number of nitrogen functional groups attached to an aromatic ring is 1. The number of carbonyl (C=O) groups is 2. The lowest BCUT2D eigenvalue weighted by Crippen LogP contribution is -2.20. The zero-order valence-corrected chi connectivity index (χ0v) is 12.4. The molecule has 0 radical (unpaired) electrons. The molecule has 0 aliphatic carbocycles. The third-order valence-corrected chi connectivity index (χ3v) is 4.68. The highest BCUT2D eigenvalue weighted by atomic mass is 32.1. The van der Waals surface area contributed by atoms with Gasteiger partial charge >= 0.3 is 0 Å². The van der Waals surface area contributed by atoms with Crippen LogP contribution < -0.4 is 22.1 Å². The van der Waals surface area contributed by atoms with Gasteiger partial charge in [-0.05, 0) is 11.4 Å². The fourth-order valence-corrected chi connectivity index (χ4v) is 3.29. The maximum absolute atomic E-state index is 11.9. The van der Waals surface area contributed by atoms with Crippen molar-refractivity contribution in [3.63, 3.8) is 0 Å². The number of hydrogen-bond donors (Lipinski definition) is 4. The lowest BCUT2D eigenvalue weighted by Gasteiger charge is -2.06. The topological polar surface area (TPSA) is 110 Å². The molecule has 2 aromatic rings. The summed E-state index contributed by atoms with van der Waals surface area (Å²) < 4.78 is 0. The zero-order chi connectivity index (χ0) is 14.7. The minimum atomic E-state index is -0.637. The average molecular weight is 310 g/mol. The standard InChI is InChI=1S/C12H14N4O2S2/c1-15-11(18)7-8(13)9(10(14)17)20-12(7)16-5-6-3-2-4-19-6/h2-4,16H,5,13H2,1H3,(H2,14,17)(H,15,18). The Bertz CT molecular complexity index is 634. The molecule has 2 aromatic heterocycles. The van der Waals surface area contributed by atoms with Gasteiger partial charge in [-0.25, -0.2) is 0 Å². The van der Waals surface area contributed by atoms with Gasteiger partial charge < -0.3 is 22.1 Å². The molecule has 0 aliphatic heterocycles. The molecule has 106 valence electrons. The van der Waals surface area contributed by atoms with Crippen molar-refractivity contribution in [2.75, 3.05) is 18.1 Å². The summed E-state index contributed by atoms with van der Waals surface area (Å²) in [7, 11) is 1.51. The summed E-state index contributed by atoms with van der Waals surface area (Å²) in [6.45, 7) is 0.555. The first-order valence-corrected chi connectivity index (χ1v) is 7.44. The summed E-state index contributed by atoms with van der Waals surface area (Å²) in [4.78, 5) is 24.5. The van der Waals surface area contributed by atoms with Crippen LogP contribution in [0, 0.1) is 0 Å². The second-order valence-corrected chi connectivity index (χ2v) is 5.98. The van der Waals surface area contributed by atoms with Crippen LogP contribution in [0.1, 0.15) is 24.9 Å². The molecular weight excluding hydrogens is 296 g/mol. The molecule has 0 unspecified atom stereocenters. The van der Waals surface area contributed by atoms with Crippen LogP contribution in [-0.4, -0.2) is 18.9 Å². The number of carbonyl (C=O) groups excluding carboxylic acids is 2. The zero-order valence-electron chi connectivity index (χ0n) is 10.7. The molecule has 0 atom stereocenters. The summed E-state index contributed by atoms with van der Waals surface area (Å²) in [6, 6.07) is 3.92. The number of nitrogens with one attached hydrogen (secondary N) is 2. The largest absolute Gasteiger partial charge is 0.397 e. The van der Waals surface area contributed by atoms with Crippen LogP contribution >= 0.6 is 22.7 Å². The Hall–Kier alpha value is -2.06. The van der Waals surface area contributed by atoms with Gasteiger partial charge in [-0.2, -0.15) is 0 Å². The Morgan fingerprint density at radius 2 is 2.15 bits per heavy atom. The van der Waals surface area contributed by atoms with Gasteiger partial charge in [0.25, 0.3) is 11.8 Å². The Morgan fingerprint density at radius 3 is 2.70 bits per heavy atom. The van der Waals surface area contributed by atoms with Gasteiger partial charge in [-0.1, -0.05) is 6.07 Å². The molecule has 20 heavy (non-hydrogen) atoms. The average Bonchev–Trinajstić information content (AvgIpc) is 3.03. The van der Waals surface area contributed by atoms with Crippen molar-refractivity contribution < 1.29 is 9.59 Å². The highest BCUT2D eigenvalue weighted by Crippen LogP contribution is 2.35. The lowest BCUT2D eigenvalue weighted by atomic mass is 10.2. The molecule has 0 aromatic carbocycles. The quantitative estimate of drug-likeness (QED) is 0.670. The molecule has 0 saturated heterocycles. The molecule has 0 saturated carbocycles. The third-order valence-electron chi connectivity index (χ3n) is 2.63. The Morgan fingerprint density at radius 1 is 1.40 bits per heavy atom. The Kier molecular flexibility index (Phi) is 4.26. The SMILES string of the molecule is CNC(=O)c1c(NCc2cccs2)sc(C(N)=O)c1N. The van der Waals surface area contributed by atoms with Crippen LogP contribution in [0.15, 0.2) is 17.5 Å². The maximum Gasteiger partial charge on any atom is 0.260 e. The van der Waals surface area contributed by atoms with E-state index in [2.05, 4.69) is 10.6 Å². The Labute approximate surface area is 123 Å². The molecule has 8 heteroatoms. The van der Waals surface area contributed by atoms with Gasteiger partial charge in [0.1, 0.15) is 9.88 Å². The van der Waals surface area contributed by atoms with Gasteiger partial charge in [0.2, 0.25) is 0 Å². The fourth-order valence-electron chi connectivity index (χ4n) is 1.68. The smallest absolute Gasteiger partial charge is 0.260 e. The lowest BCUT2D eigenvalue weighted by molar-refractivity contribution is 0.0965. The van der Waals surface area contributed by atoms with Gasteiger partial charge in [0, 0.05) is 11.9 Å². The van der Waals surface area contributed by atoms with Gasteiger partial charge in [0.05, 0.1) is 17.8 Å². The number of nitrogens with two attached hydrogens (primary N) is 2. The molecule has 6 N–H and O–H groups in total. The summed E-state index contributed by atoms with van der Waals surface area (Å²) in [6.07, 6.45) is 0. The van der Waals surface area contributed by atoms with E-state index in [0.717, 1.165) is 16.2 Å². The van der Waals surface area contributed by atoms with E-state index in [1.54, 1.807) is 11.3 Å². The number of rotatable bonds is 5. The predicted octanol–water partition coefficient (Wildman–Crippen LogP) is 1.46. The summed E-state index contributed by atoms with van der Waals surface area (Å²) in [5, 5.41) is 8.15. The van der Waals surface area contributed by atoms with E-state index in [0.29, 0.717) is 11.5 Å². The molecule has 0 spiro atoms. The first-order valence-electron chi connectivity index (χ1n) is 5.75. The van der Waals surface area contributed by atoms with Crippen molar-refractivity contribution in [3.8, 4) is 0 Å². The molecule has 2 heterocycles. The molecule has 0 bridgehead atoms. The maximum atomic E-state index is 11.9. The number of anilines is 2. The van der Waals surface area contributed by atoms with Crippen molar-refractivity contribution in [3.05, 3.63) is 32.8 Å². The normalized spacial score (nSPS) is 10.2. The van der Waals surface area contributed by atoms with Crippen LogP contribution in [0.5, 0.6) is 0 Å². The summed E-state index contributed by atoms with van der Waals surface area (Å²) in [5.74, 6) is -0.984. The second-order valence-electron chi connectivity index (χ2n) is 3.93. The Balaban J connectivity index is 2.32. The second kappa shape index (κ2) is 5.93. The molecule has 2 amide bonds. The van der Waals surface area contributed by atoms with Crippen LogP contribution in [0.2, 0.25) is 0 Å². The number of hydrogen-bond acceptors (Lipinski definition) is 6. The molecule has 0 aliphatic rings.